The molecule has 1 spiro atoms. The number of nitrogens with two attached hydrogens (primary N) is 1. The predicted molar refractivity (Wildman–Crippen MR) is 84.6 cm³/mol. The lowest BCUT2D eigenvalue weighted by molar-refractivity contribution is 0.331. The number of hydrogen-bond acceptors (Lipinski definition) is 6. The van der Waals surface area contributed by atoms with Gasteiger partial charge in [-0.3, -0.25) is 0 Å². The van der Waals surface area contributed by atoms with Gasteiger partial charge in [0.2, 0.25) is 5.95 Å². The maximum absolute atomic E-state index is 13.3. The summed E-state index contributed by atoms with van der Waals surface area (Å²) in [6.07, 6.45) is 7.31. The van der Waals surface area contributed by atoms with Crippen molar-refractivity contribution in [1.29, 1.82) is 0 Å². The number of nitrogen functional groups attached to an aromatic ring is 1. The highest BCUT2D eigenvalue weighted by atomic mass is 19.1. The molecule has 4 rings (SSSR count). The normalized spacial score (nSPS) is 23.3. The minimum absolute atomic E-state index is 0.0216. The Hall–Kier alpha value is -2.31. The van der Waals surface area contributed by atoms with Crippen LogP contribution < -0.4 is 10.6 Å². The number of halogens is 1. The van der Waals surface area contributed by atoms with Crippen molar-refractivity contribution in [2.24, 2.45) is 0 Å². The Bertz CT molecular complexity index is 760. The van der Waals surface area contributed by atoms with Gasteiger partial charge in [0.15, 0.2) is 11.6 Å². The Morgan fingerprint density at radius 2 is 2.09 bits per heavy atom. The summed E-state index contributed by atoms with van der Waals surface area (Å²) >= 11 is 0. The number of aromatic nitrogens is 4. The van der Waals surface area contributed by atoms with E-state index in [1.54, 1.807) is 0 Å². The monoisotopic (exact) mass is 314 g/mol. The van der Waals surface area contributed by atoms with Crippen LogP contribution in [0, 0.1) is 12.7 Å². The first kappa shape index (κ1) is 14.3. The lowest BCUT2D eigenvalue weighted by Gasteiger charge is -2.40. The van der Waals surface area contributed by atoms with Gasteiger partial charge in [-0.15, -0.1) is 0 Å². The van der Waals surface area contributed by atoms with Crippen LogP contribution in [-0.4, -0.2) is 33.0 Å². The number of aryl methyl sites for hydroxylation is 2. The molecule has 2 aromatic rings. The maximum Gasteiger partial charge on any atom is 0.227 e. The summed E-state index contributed by atoms with van der Waals surface area (Å²) in [4.78, 5) is 19.4. The molecule has 2 aliphatic rings. The molecule has 7 heteroatoms. The van der Waals surface area contributed by atoms with Crippen LogP contribution in [0.2, 0.25) is 0 Å². The highest BCUT2D eigenvalue weighted by molar-refractivity contribution is 5.43. The quantitative estimate of drug-likeness (QED) is 0.864. The molecule has 3 heterocycles. The fourth-order valence-electron chi connectivity index (χ4n) is 3.85. The predicted octanol–water partition coefficient (Wildman–Crippen LogP) is 1.78. The molecule has 120 valence electrons. The third-order valence-corrected chi connectivity index (χ3v) is 4.98. The smallest absolute Gasteiger partial charge is 0.227 e. The molecule has 0 bridgehead atoms. The zero-order valence-corrected chi connectivity index (χ0v) is 13.1. The largest absolute Gasteiger partial charge is 0.381 e. The van der Waals surface area contributed by atoms with Crippen LogP contribution in [0.1, 0.15) is 36.3 Å². The Morgan fingerprint density at radius 3 is 2.91 bits per heavy atom. The van der Waals surface area contributed by atoms with Crippen LogP contribution in [0.25, 0.3) is 0 Å². The molecular weight excluding hydrogens is 295 g/mol. The highest BCUT2D eigenvalue weighted by Gasteiger charge is 2.44. The Kier molecular flexibility index (Phi) is 3.18. The zero-order chi connectivity index (χ0) is 16.0. The van der Waals surface area contributed by atoms with Crippen LogP contribution in [0.5, 0.6) is 0 Å². The van der Waals surface area contributed by atoms with E-state index in [9.17, 15) is 4.39 Å². The molecule has 0 radical (unpaired) electrons. The summed E-state index contributed by atoms with van der Waals surface area (Å²) in [5, 5.41) is 0. The number of rotatable bonds is 1. The molecule has 2 aromatic heterocycles. The number of piperidine rings is 1. The first-order chi connectivity index (χ1) is 11.1. The molecule has 0 saturated carbocycles. The number of fused-ring (bicyclic) bond motifs is 2. The summed E-state index contributed by atoms with van der Waals surface area (Å²) in [6, 6.07) is 0. The number of nitrogens with zero attached hydrogens (tertiary/aromatic N) is 5. The van der Waals surface area contributed by atoms with Crippen LogP contribution >= 0.6 is 0 Å². The average Bonchev–Trinajstić information content (AvgIpc) is 2.88. The van der Waals surface area contributed by atoms with Crippen molar-refractivity contribution >= 4 is 11.8 Å². The first-order valence-corrected chi connectivity index (χ1v) is 7.93. The summed E-state index contributed by atoms with van der Waals surface area (Å²) in [5.74, 6) is 0.640. The van der Waals surface area contributed by atoms with E-state index in [1.807, 2.05) is 13.1 Å². The van der Waals surface area contributed by atoms with Crippen molar-refractivity contribution in [2.75, 3.05) is 23.7 Å². The summed E-state index contributed by atoms with van der Waals surface area (Å²) < 4.78 is 13.3. The van der Waals surface area contributed by atoms with Crippen LogP contribution in [0.15, 0.2) is 12.4 Å². The third kappa shape index (κ3) is 2.31. The van der Waals surface area contributed by atoms with Gasteiger partial charge in [-0.05, 0) is 38.2 Å². The molecule has 1 atom stereocenters. The zero-order valence-electron chi connectivity index (χ0n) is 13.1. The van der Waals surface area contributed by atoms with Gasteiger partial charge in [0, 0.05) is 24.7 Å². The Morgan fingerprint density at radius 1 is 1.22 bits per heavy atom. The molecule has 1 aliphatic heterocycles. The van der Waals surface area contributed by atoms with Crippen molar-refractivity contribution < 1.29 is 4.39 Å². The van der Waals surface area contributed by atoms with Gasteiger partial charge in [-0.1, -0.05) is 0 Å². The van der Waals surface area contributed by atoms with Crippen molar-refractivity contribution in [3.63, 3.8) is 0 Å². The maximum atomic E-state index is 13.3. The molecular formula is C16H19FN6. The van der Waals surface area contributed by atoms with Gasteiger partial charge in [0.1, 0.15) is 5.82 Å². The second kappa shape index (κ2) is 5.11. The van der Waals surface area contributed by atoms with Gasteiger partial charge in [-0.2, -0.15) is 4.98 Å². The van der Waals surface area contributed by atoms with Crippen LogP contribution in [0.3, 0.4) is 0 Å². The first-order valence-electron chi connectivity index (χ1n) is 7.93. The molecule has 2 N–H and O–H groups in total. The molecule has 1 aliphatic carbocycles. The van der Waals surface area contributed by atoms with E-state index in [4.69, 9.17) is 10.7 Å². The minimum Gasteiger partial charge on any atom is -0.381 e. The standard InChI is InChI=1S/C16H19FN6/c1-10-19-7-11-3-5-16(13(11)21-10)4-2-6-23(9-16)15-20-8-12(17)14(18)22-15/h7-8H,2-6,9H2,1H3,(H2,18,20,22). The van der Waals surface area contributed by atoms with Gasteiger partial charge < -0.3 is 10.6 Å². The van der Waals surface area contributed by atoms with Gasteiger partial charge in [0.05, 0.1) is 11.9 Å². The van der Waals surface area contributed by atoms with E-state index >= 15 is 0 Å². The second-order valence-electron chi connectivity index (χ2n) is 6.50. The van der Waals surface area contributed by atoms with Gasteiger partial charge >= 0.3 is 0 Å². The highest BCUT2D eigenvalue weighted by Crippen LogP contribution is 2.44. The Labute approximate surface area is 134 Å². The number of anilines is 2. The van der Waals surface area contributed by atoms with E-state index < -0.39 is 5.82 Å². The molecule has 0 aromatic carbocycles. The fraction of sp³-hybridized carbons (Fsp3) is 0.500. The van der Waals surface area contributed by atoms with Gasteiger partial charge in [0.25, 0.3) is 0 Å². The topological polar surface area (TPSA) is 80.8 Å². The minimum atomic E-state index is -0.574. The lowest BCUT2D eigenvalue weighted by Crippen LogP contribution is -2.46. The van der Waals surface area contributed by atoms with Crippen LogP contribution in [-0.2, 0) is 11.8 Å². The summed E-state index contributed by atoms with van der Waals surface area (Å²) in [7, 11) is 0. The van der Waals surface area contributed by atoms with Crippen molar-refractivity contribution in [1.82, 2.24) is 19.9 Å². The second-order valence-corrected chi connectivity index (χ2v) is 6.50. The Balaban J connectivity index is 1.68. The van der Waals surface area contributed by atoms with E-state index in [2.05, 4.69) is 19.9 Å². The lowest BCUT2D eigenvalue weighted by atomic mass is 9.77. The third-order valence-electron chi connectivity index (χ3n) is 4.98. The van der Waals surface area contributed by atoms with Crippen molar-refractivity contribution in [3.05, 3.63) is 35.3 Å². The molecule has 6 nitrogen and oxygen atoms in total. The average molecular weight is 314 g/mol. The fourth-order valence-corrected chi connectivity index (χ4v) is 3.85. The van der Waals surface area contributed by atoms with E-state index in [-0.39, 0.29) is 11.2 Å². The summed E-state index contributed by atoms with van der Waals surface area (Å²) in [5.41, 5.74) is 8.04. The van der Waals surface area contributed by atoms with Gasteiger partial charge in [-0.25, -0.2) is 19.3 Å². The summed E-state index contributed by atoms with van der Waals surface area (Å²) in [6.45, 7) is 3.57. The van der Waals surface area contributed by atoms with Crippen molar-refractivity contribution in [2.45, 2.75) is 38.0 Å². The molecule has 0 amide bonds. The molecule has 1 saturated heterocycles. The molecule has 23 heavy (non-hydrogen) atoms. The number of hydrogen-bond donors (Lipinski definition) is 1. The van der Waals surface area contributed by atoms with E-state index in [1.165, 1.54) is 11.3 Å². The SMILES string of the molecule is Cc1ncc2c(n1)C1(CCCN(c3ncc(F)c(N)n3)C1)CC2. The van der Waals surface area contributed by atoms with Crippen molar-refractivity contribution in [3.8, 4) is 0 Å². The molecule has 1 unspecified atom stereocenters. The van der Waals surface area contributed by atoms with Crippen LogP contribution in [0.4, 0.5) is 16.2 Å². The molecule has 1 fully saturated rings. The van der Waals surface area contributed by atoms with E-state index in [0.29, 0.717) is 5.95 Å². The van der Waals surface area contributed by atoms with E-state index in [0.717, 1.165) is 50.8 Å².